The second-order valence-corrected chi connectivity index (χ2v) is 8.30. The number of rotatable bonds is 3. The molecule has 0 saturated heterocycles. The van der Waals surface area contributed by atoms with Crippen molar-refractivity contribution in [3.63, 3.8) is 0 Å². The van der Waals surface area contributed by atoms with Crippen LogP contribution in [-0.2, 0) is 0 Å². The van der Waals surface area contributed by atoms with Gasteiger partial charge in [-0.3, -0.25) is 4.79 Å². The van der Waals surface area contributed by atoms with E-state index >= 15 is 0 Å². The molecule has 0 bridgehead atoms. The third-order valence-corrected chi connectivity index (χ3v) is 5.11. The fourth-order valence-corrected chi connectivity index (χ4v) is 4.63. The number of carbonyl (C=O) groups is 1. The number of carbonyl (C=O) groups excluding carboxylic acids is 1. The van der Waals surface area contributed by atoms with Crippen LogP contribution in [0.1, 0.15) is 28.2 Å². The Morgan fingerprint density at radius 2 is 2.05 bits per heavy atom. The molecule has 2 nitrogen and oxygen atoms in total. The Balaban J connectivity index is 2.27. The maximum Gasteiger partial charge on any atom is 0.257 e. The number of para-hydroxylation sites is 1. The fraction of sp³-hybridized carbons (Fsp3) is 0.154. The fourth-order valence-electron chi connectivity index (χ4n) is 1.64. The molecule has 0 spiro atoms. The summed E-state index contributed by atoms with van der Waals surface area (Å²) in [6.07, 6.45) is 0. The third-order valence-electron chi connectivity index (χ3n) is 2.54. The molecule has 1 unspecified atom stereocenters. The lowest BCUT2D eigenvalue weighted by atomic mass is 10.1. The maximum absolute atomic E-state index is 12.2. The summed E-state index contributed by atoms with van der Waals surface area (Å²) in [6, 6.07) is 9.32. The van der Waals surface area contributed by atoms with Gasteiger partial charge in [0.1, 0.15) is 0 Å². The molecule has 1 amide bonds. The van der Waals surface area contributed by atoms with E-state index in [0.717, 1.165) is 18.8 Å². The largest absolute Gasteiger partial charge is 0.322 e. The zero-order chi connectivity index (χ0) is 14.0. The molecule has 0 radical (unpaired) electrons. The number of nitrogens with one attached hydrogen (secondary N) is 1. The van der Waals surface area contributed by atoms with Crippen molar-refractivity contribution < 1.29 is 4.79 Å². The van der Waals surface area contributed by atoms with Crippen molar-refractivity contribution in [1.82, 2.24) is 0 Å². The summed E-state index contributed by atoms with van der Waals surface area (Å²) in [5.74, 6) is -0.154. The molecule has 2 rings (SSSR count). The molecule has 1 atom stereocenters. The Morgan fingerprint density at radius 1 is 1.37 bits per heavy atom. The van der Waals surface area contributed by atoms with Gasteiger partial charge < -0.3 is 5.32 Å². The monoisotopic (exact) mass is 421 g/mol. The molecule has 0 aliphatic rings. The van der Waals surface area contributed by atoms with Gasteiger partial charge in [-0.25, -0.2) is 0 Å². The topological polar surface area (TPSA) is 29.1 Å². The van der Waals surface area contributed by atoms with Crippen LogP contribution >= 0.6 is 54.8 Å². The summed E-state index contributed by atoms with van der Waals surface area (Å²) in [4.78, 5) is 12.2. The minimum absolute atomic E-state index is 0.154. The molecule has 1 aromatic carbocycles. The van der Waals surface area contributed by atoms with Gasteiger partial charge in [-0.05, 0) is 56.5 Å². The van der Waals surface area contributed by atoms with Gasteiger partial charge >= 0.3 is 0 Å². The molecular weight excluding hydrogens is 413 g/mol. The maximum atomic E-state index is 12.2. The predicted molar refractivity (Wildman–Crippen MR) is 88.4 cm³/mol. The van der Waals surface area contributed by atoms with Crippen molar-refractivity contribution in [2.24, 2.45) is 0 Å². The first-order valence-electron chi connectivity index (χ1n) is 5.48. The van der Waals surface area contributed by atoms with Gasteiger partial charge in [-0.15, -0.1) is 22.9 Å². The number of halogens is 3. The lowest BCUT2D eigenvalue weighted by Crippen LogP contribution is -2.13. The molecule has 100 valence electrons. The van der Waals surface area contributed by atoms with Crippen LogP contribution in [-0.4, -0.2) is 5.91 Å². The molecule has 0 saturated carbocycles. The van der Waals surface area contributed by atoms with Crippen LogP contribution < -0.4 is 5.32 Å². The molecule has 0 aliphatic heterocycles. The first kappa shape index (κ1) is 15.0. The van der Waals surface area contributed by atoms with Crippen LogP contribution in [0.5, 0.6) is 0 Å². The Kier molecular flexibility index (Phi) is 5.06. The minimum atomic E-state index is -0.158. The number of thiophene rings is 1. The number of amides is 1. The highest BCUT2D eigenvalue weighted by atomic mass is 79.9. The zero-order valence-electron chi connectivity index (χ0n) is 9.91. The predicted octanol–water partition coefficient (Wildman–Crippen LogP) is 5.83. The van der Waals surface area contributed by atoms with Crippen LogP contribution in [0.15, 0.2) is 37.9 Å². The highest BCUT2D eigenvalue weighted by molar-refractivity contribution is 9.12. The average molecular weight is 424 g/mol. The highest BCUT2D eigenvalue weighted by Crippen LogP contribution is 2.33. The van der Waals surface area contributed by atoms with E-state index in [-0.39, 0.29) is 11.3 Å². The normalized spacial score (nSPS) is 12.2. The van der Waals surface area contributed by atoms with Crippen molar-refractivity contribution in [2.75, 3.05) is 5.32 Å². The van der Waals surface area contributed by atoms with Gasteiger partial charge in [0, 0.05) is 5.69 Å². The van der Waals surface area contributed by atoms with Gasteiger partial charge in [-0.2, -0.15) is 0 Å². The summed E-state index contributed by atoms with van der Waals surface area (Å²) < 4.78 is 1.71. The molecule has 0 fully saturated rings. The van der Waals surface area contributed by atoms with Crippen molar-refractivity contribution in [3.05, 3.63) is 49.0 Å². The number of anilines is 1. The van der Waals surface area contributed by atoms with Crippen molar-refractivity contribution in [3.8, 4) is 0 Å². The van der Waals surface area contributed by atoms with E-state index in [1.54, 1.807) is 6.07 Å². The number of benzene rings is 1. The summed E-state index contributed by atoms with van der Waals surface area (Å²) in [7, 11) is 0. The van der Waals surface area contributed by atoms with Crippen LogP contribution in [0.3, 0.4) is 0 Å². The Labute approximate surface area is 137 Å². The van der Waals surface area contributed by atoms with E-state index in [9.17, 15) is 4.79 Å². The summed E-state index contributed by atoms with van der Waals surface area (Å²) in [6.45, 7) is 1.88. The Morgan fingerprint density at radius 3 is 2.63 bits per heavy atom. The van der Waals surface area contributed by atoms with Gasteiger partial charge in [0.2, 0.25) is 0 Å². The average Bonchev–Trinajstić information content (AvgIpc) is 2.69. The van der Waals surface area contributed by atoms with Gasteiger partial charge in [-0.1, -0.05) is 18.2 Å². The third kappa shape index (κ3) is 3.60. The number of alkyl halides is 1. The first-order valence-corrected chi connectivity index (χ1v) is 8.32. The molecule has 2 aromatic rings. The Hall–Kier alpha value is -0.360. The van der Waals surface area contributed by atoms with Crippen molar-refractivity contribution in [1.29, 1.82) is 0 Å². The summed E-state index contributed by atoms with van der Waals surface area (Å²) in [5.41, 5.74) is 2.25. The van der Waals surface area contributed by atoms with Crippen LogP contribution in [0.4, 0.5) is 5.69 Å². The van der Waals surface area contributed by atoms with Gasteiger partial charge in [0.15, 0.2) is 0 Å². The molecule has 1 heterocycles. The highest BCUT2D eigenvalue weighted by Gasteiger charge is 2.16. The molecular formula is C13H10Br2ClNOS. The molecule has 0 aliphatic carbocycles. The SMILES string of the molecule is CC(Cl)c1ccccc1NC(=O)c1cc(Br)sc1Br. The number of hydrogen-bond donors (Lipinski definition) is 1. The summed E-state index contributed by atoms with van der Waals surface area (Å²) >= 11 is 14.3. The van der Waals surface area contributed by atoms with Crippen LogP contribution in [0, 0.1) is 0 Å². The van der Waals surface area contributed by atoms with Crippen molar-refractivity contribution >= 4 is 66.4 Å². The van der Waals surface area contributed by atoms with E-state index in [2.05, 4.69) is 37.2 Å². The van der Waals surface area contributed by atoms with E-state index in [1.807, 2.05) is 31.2 Å². The molecule has 1 aromatic heterocycles. The quantitative estimate of drug-likeness (QED) is 0.619. The zero-order valence-corrected chi connectivity index (χ0v) is 14.7. The summed E-state index contributed by atoms with van der Waals surface area (Å²) in [5, 5.41) is 2.74. The molecule has 1 N–H and O–H groups in total. The smallest absolute Gasteiger partial charge is 0.257 e. The molecule has 6 heteroatoms. The van der Waals surface area contributed by atoms with E-state index in [1.165, 1.54) is 11.3 Å². The first-order chi connectivity index (χ1) is 8.99. The second kappa shape index (κ2) is 6.39. The van der Waals surface area contributed by atoms with Gasteiger partial charge in [0.05, 0.1) is 18.5 Å². The van der Waals surface area contributed by atoms with E-state index in [4.69, 9.17) is 11.6 Å². The number of hydrogen-bond acceptors (Lipinski definition) is 2. The lowest BCUT2D eigenvalue weighted by Gasteiger charge is -2.12. The van der Waals surface area contributed by atoms with Crippen LogP contribution in [0.2, 0.25) is 0 Å². The minimum Gasteiger partial charge on any atom is -0.322 e. The van der Waals surface area contributed by atoms with E-state index < -0.39 is 0 Å². The second-order valence-electron chi connectivity index (χ2n) is 3.90. The Bertz CT molecular complexity index is 612. The molecule has 19 heavy (non-hydrogen) atoms. The van der Waals surface area contributed by atoms with Crippen LogP contribution in [0.25, 0.3) is 0 Å². The van der Waals surface area contributed by atoms with Crippen molar-refractivity contribution in [2.45, 2.75) is 12.3 Å². The van der Waals surface area contributed by atoms with Gasteiger partial charge in [0.25, 0.3) is 5.91 Å². The van der Waals surface area contributed by atoms with E-state index in [0.29, 0.717) is 5.56 Å². The standard InChI is InChI=1S/C13H10Br2ClNOS/c1-7(16)8-4-2-3-5-10(8)17-13(18)9-6-11(14)19-12(9)15/h2-7H,1H3,(H,17,18). The lowest BCUT2D eigenvalue weighted by molar-refractivity contribution is 0.102.